The maximum Gasteiger partial charge on any atom is 0.221 e. The van der Waals surface area contributed by atoms with Crippen LogP contribution in [0.2, 0.25) is 0 Å². The molecule has 0 aliphatic heterocycles. The number of hydrogen-bond donors (Lipinski definition) is 2. The molecule has 0 aliphatic carbocycles. The first-order valence-corrected chi connectivity index (χ1v) is 6.77. The van der Waals surface area contributed by atoms with E-state index in [1.54, 1.807) is 6.07 Å². The van der Waals surface area contributed by atoms with Gasteiger partial charge in [0.25, 0.3) is 0 Å². The van der Waals surface area contributed by atoms with Gasteiger partial charge in [0.2, 0.25) is 15.3 Å². The van der Waals surface area contributed by atoms with Crippen molar-refractivity contribution >= 4 is 9.84 Å². The maximum absolute atomic E-state index is 12.3. The molecule has 19 heavy (non-hydrogen) atoms. The van der Waals surface area contributed by atoms with E-state index in [1.165, 1.54) is 24.3 Å². The van der Waals surface area contributed by atoms with Gasteiger partial charge in [0.05, 0.1) is 4.90 Å². The first-order valence-electron chi connectivity index (χ1n) is 5.29. The number of rotatable bonds is 2. The lowest BCUT2D eigenvalue weighted by atomic mass is 10.4. The first-order chi connectivity index (χ1) is 8.93. The van der Waals surface area contributed by atoms with Crippen molar-refractivity contribution < 1.29 is 18.6 Å². The van der Waals surface area contributed by atoms with E-state index in [4.69, 9.17) is 0 Å². The predicted molar refractivity (Wildman–Crippen MR) is 67.9 cm³/mol. The molecule has 0 amide bonds. The normalized spacial score (nSPS) is 11.2. The molecule has 6 heteroatoms. The summed E-state index contributed by atoms with van der Waals surface area (Å²) in [6.45, 7) is 0. The number of benzene rings is 1. The molecule has 0 atom stereocenters. The fraction of sp³-hybridized carbons (Fsp3) is 0. The van der Waals surface area contributed by atoms with Crippen LogP contribution in [0.4, 0.5) is 0 Å². The van der Waals surface area contributed by atoms with Gasteiger partial charge in [-0.05, 0) is 24.3 Å². The summed E-state index contributed by atoms with van der Waals surface area (Å²) in [7, 11) is -4.01. The Hall–Kier alpha value is -2.34. The largest absolute Gasteiger partial charge is 0.507 e. The van der Waals surface area contributed by atoms with Gasteiger partial charge in [-0.1, -0.05) is 18.2 Å². The van der Waals surface area contributed by atoms with Gasteiger partial charge in [-0.3, -0.25) is 4.79 Å². The molecule has 2 aromatic rings. The van der Waals surface area contributed by atoms with E-state index in [-0.39, 0.29) is 4.90 Å². The van der Waals surface area contributed by atoms with Crippen LogP contribution in [0, 0.1) is 0 Å². The molecular formula is C13H10O5S. The minimum absolute atomic E-state index is 0.0459. The average molecular weight is 278 g/mol. The molecule has 0 saturated heterocycles. The molecule has 0 radical (unpaired) electrons. The van der Waals surface area contributed by atoms with Crippen molar-refractivity contribution in [1.29, 1.82) is 0 Å². The zero-order valence-electron chi connectivity index (χ0n) is 9.65. The average Bonchev–Trinajstić information content (AvgIpc) is 2.53. The quantitative estimate of drug-likeness (QED) is 0.863. The third-order valence-electron chi connectivity index (χ3n) is 2.51. The van der Waals surface area contributed by atoms with Crippen LogP contribution in [0.5, 0.6) is 11.5 Å². The fourth-order valence-electron chi connectivity index (χ4n) is 1.53. The van der Waals surface area contributed by atoms with Crippen LogP contribution < -0.4 is 5.43 Å². The molecule has 0 spiro atoms. The Morgan fingerprint density at radius 3 is 2.05 bits per heavy atom. The summed E-state index contributed by atoms with van der Waals surface area (Å²) >= 11 is 0. The third kappa shape index (κ3) is 2.43. The van der Waals surface area contributed by atoms with Crippen LogP contribution in [0.25, 0.3) is 0 Å². The van der Waals surface area contributed by atoms with E-state index in [1.807, 2.05) is 0 Å². The minimum Gasteiger partial charge on any atom is -0.507 e. The molecule has 0 aromatic heterocycles. The molecule has 5 nitrogen and oxygen atoms in total. The first kappa shape index (κ1) is 13.1. The molecule has 98 valence electrons. The maximum atomic E-state index is 12.3. The molecule has 2 aromatic carbocycles. The Kier molecular flexibility index (Phi) is 3.26. The molecule has 0 fully saturated rings. The van der Waals surface area contributed by atoms with Crippen LogP contribution in [-0.4, -0.2) is 18.6 Å². The van der Waals surface area contributed by atoms with E-state index in [0.717, 1.165) is 12.1 Å². The van der Waals surface area contributed by atoms with Crippen molar-refractivity contribution in [2.24, 2.45) is 0 Å². The fourth-order valence-corrected chi connectivity index (χ4v) is 2.91. The SMILES string of the molecule is O=c1cc(S(=O)(=O)c2ccccc2)c(O)ccc1O. The highest BCUT2D eigenvalue weighted by molar-refractivity contribution is 7.91. The Labute approximate surface area is 109 Å². The lowest BCUT2D eigenvalue weighted by Crippen LogP contribution is -2.04. The summed E-state index contributed by atoms with van der Waals surface area (Å²) in [4.78, 5) is 10.9. The van der Waals surface area contributed by atoms with E-state index < -0.39 is 31.7 Å². The van der Waals surface area contributed by atoms with Gasteiger partial charge in [0.1, 0.15) is 10.6 Å². The Morgan fingerprint density at radius 1 is 0.842 bits per heavy atom. The van der Waals surface area contributed by atoms with Crippen molar-refractivity contribution in [3.05, 3.63) is 58.8 Å². The van der Waals surface area contributed by atoms with Crippen LogP contribution in [0.1, 0.15) is 0 Å². The highest BCUT2D eigenvalue weighted by Crippen LogP contribution is 2.27. The van der Waals surface area contributed by atoms with Crippen LogP contribution in [0.3, 0.4) is 0 Å². The highest BCUT2D eigenvalue weighted by Gasteiger charge is 2.21. The van der Waals surface area contributed by atoms with Gasteiger partial charge in [-0.15, -0.1) is 0 Å². The summed E-state index contributed by atoms with van der Waals surface area (Å²) in [6, 6.07) is 10.0. The molecule has 2 N–H and O–H groups in total. The molecular weight excluding hydrogens is 268 g/mol. The second-order valence-corrected chi connectivity index (χ2v) is 5.71. The molecule has 0 saturated carbocycles. The topological polar surface area (TPSA) is 91.7 Å². The van der Waals surface area contributed by atoms with Gasteiger partial charge >= 0.3 is 0 Å². The highest BCUT2D eigenvalue weighted by atomic mass is 32.2. The van der Waals surface area contributed by atoms with Crippen molar-refractivity contribution in [2.75, 3.05) is 0 Å². The molecule has 0 heterocycles. The monoisotopic (exact) mass is 278 g/mol. The van der Waals surface area contributed by atoms with Crippen molar-refractivity contribution in [1.82, 2.24) is 0 Å². The van der Waals surface area contributed by atoms with Crippen molar-refractivity contribution in [3.63, 3.8) is 0 Å². The summed E-state index contributed by atoms with van der Waals surface area (Å²) in [5.41, 5.74) is -0.880. The summed E-state index contributed by atoms with van der Waals surface area (Å²) in [5, 5.41) is 18.9. The van der Waals surface area contributed by atoms with Gasteiger partial charge in [0, 0.05) is 6.07 Å². The van der Waals surface area contributed by atoms with Crippen LogP contribution in [0.15, 0.2) is 63.1 Å². The van der Waals surface area contributed by atoms with E-state index in [2.05, 4.69) is 0 Å². The lowest BCUT2D eigenvalue weighted by Gasteiger charge is -2.03. The Morgan fingerprint density at radius 2 is 1.42 bits per heavy atom. The molecule has 2 rings (SSSR count). The zero-order valence-corrected chi connectivity index (χ0v) is 10.5. The number of sulfone groups is 1. The third-order valence-corrected chi connectivity index (χ3v) is 4.31. The van der Waals surface area contributed by atoms with Gasteiger partial charge in [0.15, 0.2) is 5.75 Å². The van der Waals surface area contributed by atoms with Crippen molar-refractivity contribution in [3.8, 4) is 11.5 Å². The zero-order chi connectivity index (χ0) is 14.0. The smallest absolute Gasteiger partial charge is 0.221 e. The second kappa shape index (κ2) is 4.74. The molecule has 0 bridgehead atoms. The second-order valence-electron chi connectivity index (χ2n) is 3.79. The minimum atomic E-state index is -4.01. The van der Waals surface area contributed by atoms with Crippen LogP contribution in [-0.2, 0) is 9.84 Å². The van der Waals surface area contributed by atoms with Crippen LogP contribution >= 0.6 is 0 Å². The summed E-state index contributed by atoms with van der Waals surface area (Å²) in [6.07, 6.45) is 0. The van der Waals surface area contributed by atoms with Gasteiger partial charge in [-0.2, -0.15) is 0 Å². The van der Waals surface area contributed by atoms with E-state index in [9.17, 15) is 23.4 Å². The van der Waals surface area contributed by atoms with E-state index in [0.29, 0.717) is 6.07 Å². The summed E-state index contributed by atoms with van der Waals surface area (Å²) < 4.78 is 24.6. The lowest BCUT2D eigenvalue weighted by molar-refractivity contribution is 0.458. The number of hydrogen-bond acceptors (Lipinski definition) is 5. The van der Waals surface area contributed by atoms with Gasteiger partial charge in [-0.25, -0.2) is 8.42 Å². The Bertz CT molecular complexity index is 767. The van der Waals surface area contributed by atoms with Crippen molar-refractivity contribution in [2.45, 2.75) is 9.79 Å². The summed E-state index contributed by atoms with van der Waals surface area (Å²) in [5.74, 6) is -1.23. The molecule has 0 aliphatic rings. The number of aromatic hydroxyl groups is 2. The molecule has 0 unspecified atom stereocenters. The Balaban J connectivity index is 2.77. The van der Waals surface area contributed by atoms with Gasteiger partial charge < -0.3 is 10.2 Å². The predicted octanol–water partition coefficient (Wildman–Crippen LogP) is 1.29. The standard InChI is InChI=1S/C13H10O5S/c14-10-6-7-11(15)13(8-12(10)16)19(17,18)9-4-2-1-3-5-9/h1-8,15H,(H,14,16). The van der Waals surface area contributed by atoms with E-state index >= 15 is 0 Å².